The van der Waals surface area contributed by atoms with Crippen molar-refractivity contribution in [2.24, 2.45) is 5.14 Å². The minimum absolute atomic E-state index is 0.0302. The summed E-state index contributed by atoms with van der Waals surface area (Å²) in [4.78, 5) is 18.7. The summed E-state index contributed by atoms with van der Waals surface area (Å²) >= 11 is 0. The lowest BCUT2D eigenvalue weighted by Crippen LogP contribution is -2.12. The molecule has 1 aromatic heterocycles. The van der Waals surface area contributed by atoms with Crippen LogP contribution in [0.25, 0.3) is 0 Å². The molecule has 1 heterocycles. The largest absolute Gasteiger partial charge is 0.346 e. The Hall–Kier alpha value is -4.05. The molecule has 11 heteroatoms. The fourth-order valence-electron chi connectivity index (χ4n) is 2.48. The maximum atomic E-state index is 14.2. The topological polar surface area (TPSA) is 139 Å². The first-order valence-corrected chi connectivity index (χ1v) is 10.3. The van der Waals surface area contributed by atoms with Crippen molar-refractivity contribution in [1.82, 2.24) is 9.97 Å². The lowest BCUT2D eigenvalue weighted by molar-refractivity contribution is 0.568. The van der Waals surface area contributed by atoms with Crippen molar-refractivity contribution in [3.63, 3.8) is 0 Å². The number of nitrogens with zero attached hydrogens (tertiary/aromatic N) is 2. The Kier molecular flexibility index (Phi) is 6.41. The van der Waals surface area contributed by atoms with Crippen molar-refractivity contribution in [1.29, 1.82) is 0 Å². The minimum atomic E-state index is -3.88. The first-order chi connectivity index (χ1) is 14.8. The third-order valence-electron chi connectivity index (χ3n) is 3.88. The monoisotopic (exact) mass is 440 g/mol. The molecule has 0 aliphatic heterocycles. The molecule has 5 N–H and O–H groups in total. The maximum Gasteiger partial charge on any atom is 0.238 e. The number of sulfonamides is 1. The summed E-state index contributed by atoms with van der Waals surface area (Å²) in [7, 11) is -3.88. The van der Waals surface area contributed by atoms with Gasteiger partial charge in [-0.1, -0.05) is 18.7 Å². The van der Waals surface area contributed by atoms with Crippen LogP contribution >= 0.6 is 0 Å². The second-order valence-corrected chi connectivity index (χ2v) is 7.70. The highest BCUT2D eigenvalue weighted by Gasteiger charge is 2.11. The van der Waals surface area contributed by atoms with Crippen LogP contribution in [-0.4, -0.2) is 24.3 Å². The standard InChI is InChI=1S/C20H17FN6O3S/c1-2-13(12-28)24-14-5-3-6-15(9-14)25-19-18(21)11-23-20(27-19)26-16-7-4-8-17(10-16)31(22,29)30/h2-11,24H,1H2,(H2,22,29,30)(H2,23,25,26,27). The Morgan fingerprint density at radius 1 is 1.10 bits per heavy atom. The molecule has 158 valence electrons. The molecular weight excluding hydrogens is 423 g/mol. The average Bonchev–Trinajstić information content (AvgIpc) is 2.74. The van der Waals surface area contributed by atoms with Gasteiger partial charge in [-0.2, -0.15) is 4.98 Å². The zero-order chi connectivity index (χ0) is 22.4. The van der Waals surface area contributed by atoms with Gasteiger partial charge >= 0.3 is 0 Å². The van der Waals surface area contributed by atoms with Crippen LogP contribution in [0.3, 0.4) is 0 Å². The number of carbonyl (C=O) groups excluding carboxylic acids is 1. The number of hydrogen-bond donors (Lipinski definition) is 4. The van der Waals surface area contributed by atoms with Crippen LogP contribution in [0.15, 0.2) is 78.0 Å². The molecule has 3 rings (SSSR count). The van der Waals surface area contributed by atoms with E-state index in [1.165, 1.54) is 24.3 Å². The Morgan fingerprint density at radius 2 is 1.77 bits per heavy atom. The van der Waals surface area contributed by atoms with Gasteiger partial charge in [0, 0.05) is 17.1 Å². The van der Waals surface area contributed by atoms with Gasteiger partial charge in [-0.25, -0.2) is 27.7 Å². The highest BCUT2D eigenvalue weighted by atomic mass is 32.2. The van der Waals surface area contributed by atoms with E-state index in [0.717, 1.165) is 6.20 Å². The smallest absolute Gasteiger partial charge is 0.238 e. The molecule has 31 heavy (non-hydrogen) atoms. The van der Waals surface area contributed by atoms with Crippen LogP contribution < -0.4 is 21.1 Å². The highest BCUT2D eigenvalue weighted by molar-refractivity contribution is 7.89. The van der Waals surface area contributed by atoms with Crippen molar-refractivity contribution in [2.45, 2.75) is 4.90 Å². The van der Waals surface area contributed by atoms with Crippen molar-refractivity contribution in [3.8, 4) is 0 Å². The first-order valence-electron chi connectivity index (χ1n) is 8.72. The van der Waals surface area contributed by atoms with E-state index in [2.05, 4.69) is 32.5 Å². The molecule has 0 unspecified atom stereocenters. The van der Waals surface area contributed by atoms with Gasteiger partial charge in [0.05, 0.1) is 11.1 Å². The summed E-state index contributed by atoms with van der Waals surface area (Å²) in [6.07, 6.45) is 2.29. The molecule has 0 saturated carbocycles. The molecular formula is C20H17FN6O3S. The van der Waals surface area contributed by atoms with Gasteiger partial charge in [0.2, 0.25) is 16.0 Å². The van der Waals surface area contributed by atoms with Crippen LogP contribution in [0.1, 0.15) is 0 Å². The molecule has 3 aromatic rings. The number of primary sulfonamides is 1. The number of benzene rings is 2. The molecule has 0 bridgehead atoms. The van der Waals surface area contributed by atoms with Gasteiger partial charge in [-0.3, -0.25) is 0 Å². The summed E-state index contributed by atoms with van der Waals surface area (Å²) < 4.78 is 37.2. The molecule has 0 aliphatic rings. The predicted octanol–water partition coefficient (Wildman–Crippen LogP) is 3.06. The molecule has 0 spiro atoms. The number of nitrogens with two attached hydrogens (primary N) is 1. The van der Waals surface area contributed by atoms with E-state index in [1.807, 2.05) is 0 Å². The Labute approximate surface area is 177 Å². The lowest BCUT2D eigenvalue weighted by atomic mass is 10.2. The normalized spacial score (nSPS) is 10.6. The second-order valence-electron chi connectivity index (χ2n) is 6.14. The van der Waals surface area contributed by atoms with Crippen molar-refractivity contribution >= 4 is 44.8 Å². The van der Waals surface area contributed by atoms with Crippen LogP contribution in [0.5, 0.6) is 0 Å². The van der Waals surface area contributed by atoms with E-state index >= 15 is 0 Å². The zero-order valence-electron chi connectivity index (χ0n) is 16.0. The Morgan fingerprint density at radius 3 is 2.45 bits per heavy atom. The van der Waals surface area contributed by atoms with E-state index in [9.17, 15) is 17.6 Å². The van der Waals surface area contributed by atoms with E-state index in [1.54, 1.807) is 36.3 Å². The van der Waals surface area contributed by atoms with Crippen LogP contribution in [0, 0.1) is 5.82 Å². The third kappa shape index (κ3) is 5.73. The number of halogens is 1. The second kappa shape index (κ2) is 9.18. The van der Waals surface area contributed by atoms with Gasteiger partial charge in [0.1, 0.15) is 5.70 Å². The Balaban J connectivity index is 1.82. The summed E-state index contributed by atoms with van der Waals surface area (Å²) in [5.74, 6) is 0.910. The number of anilines is 5. The molecule has 0 atom stereocenters. The van der Waals surface area contributed by atoms with Crippen molar-refractivity contribution in [3.05, 3.63) is 78.9 Å². The van der Waals surface area contributed by atoms with Crippen LogP contribution in [-0.2, 0) is 14.8 Å². The summed E-state index contributed by atoms with van der Waals surface area (Å²) in [5, 5.41) is 13.6. The fraction of sp³-hybridized carbons (Fsp3) is 0. The van der Waals surface area contributed by atoms with Gasteiger partial charge < -0.3 is 16.0 Å². The van der Waals surface area contributed by atoms with Crippen molar-refractivity contribution in [2.75, 3.05) is 16.0 Å². The number of hydrogen-bond acceptors (Lipinski definition) is 8. The minimum Gasteiger partial charge on any atom is -0.346 e. The summed E-state index contributed by atoms with van der Waals surface area (Å²) in [5.41, 5.74) is 1.54. The van der Waals surface area contributed by atoms with Crippen molar-refractivity contribution < 1.29 is 17.6 Å². The number of aromatic nitrogens is 2. The van der Waals surface area contributed by atoms with Crippen LogP contribution in [0.2, 0.25) is 0 Å². The Bertz CT molecular complexity index is 1290. The highest BCUT2D eigenvalue weighted by Crippen LogP contribution is 2.23. The number of allylic oxidation sites excluding steroid dienone is 1. The third-order valence-corrected chi connectivity index (χ3v) is 4.79. The van der Waals surface area contributed by atoms with E-state index in [4.69, 9.17) is 5.14 Å². The number of rotatable bonds is 8. The predicted molar refractivity (Wildman–Crippen MR) is 116 cm³/mol. The molecule has 0 aliphatic carbocycles. The zero-order valence-corrected chi connectivity index (χ0v) is 16.8. The van der Waals surface area contributed by atoms with Crippen LogP contribution in [0.4, 0.5) is 33.2 Å². The summed E-state index contributed by atoms with van der Waals surface area (Å²) in [6, 6.07) is 12.4. The SMILES string of the molecule is C=CC(=C=O)Nc1cccc(Nc2nc(Nc3cccc(S(N)(=O)=O)c3)ncc2F)c1. The number of nitrogens with one attached hydrogen (secondary N) is 3. The summed E-state index contributed by atoms with van der Waals surface area (Å²) in [6.45, 7) is 3.50. The maximum absolute atomic E-state index is 14.2. The molecule has 0 fully saturated rings. The first kappa shape index (κ1) is 21.7. The van der Waals surface area contributed by atoms with Gasteiger partial charge in [-0.05, 0) is 42.5 Å². The molecule has 0 amide bonds. The molecule has 9 nitrogen and oxygen atoms in total. The van der Waals surface area contributed by atoms with Gasteiger partial charge in [0.25, 0.3) is 0 Å². The van der Waals surface area contributed by atoms with Gasteiger partial charge in [0.15, 0.2) is 17.6 Å². The quantitative estimate of drug-likeness (QED) is 0.310. The van der Waals surface area contributed by atoms with E-state index in [0.29, 0.717) is 17.1 Å². The molecule has 0 radical (unpaired) electrons. The molecule has 2 aromatic carbocycles. The van der Waals surface area contributed by atoms with E-state index in [-0.39, 0.29) is 22.4 Å². The lowest BCUT2D eigenvalue weighted by Gasteiger charge is -2.11. The average molecular weight is 440 g/mol. The fourth-order valence-corrected chi connectivity index (χ4v) is 3.04. The van der Waals surface area contributed by atoms with E-state index < -0.39 is 15.8 Å². The van der Waals surface area contributed by atoms with Gasteiger partial charge in [-0.15, -0.1) is 0 Å². The molecule has 0 saturated heterocycles.